The first kappa shape index (κ1) is 8.34. The van der Waals surface area contributed by atoms with E-state index in [-0.39, 0.29) is 0 Å². The van der Waals surface area contributed by atoms with Crippen LogP contribution < -0.4 is 0 Å². The molecule has 11 heavy (non-hydrogen) atoms. The molecule has 58 valence electrons. The Morgan fingerprint density at radius 2 is 2.45 bits per heavy atom. The molecule has 2 heteroatoms. The average molecular weight is 165 g/mol. The Morgan fingerprint density at radius 1 is 1.64 bits per heavy atom. The third-order valence-electron chi connectivity index (χ3n) is 1.48. The van der Waals surface area contributed by atoms with Gasteiger partial charge in [0, 0.05) is 17.3 Å². The van der Waals surface area contributed by atoms with Crippen LogP contribution >= 0.6 is 12.2 Å². The highest BCUT2D eigenvalue weighted by Crippen LogP contribution is 2.01. The number of hydrogen-bond donors (Lipinski definition) is 0. The molecule has 1 aromatic heterocycles. The van der Waals surface area contributed by atoms with E-state index < -0.39 is 0 Å². The molecule has 0 spiro atoms. The monoisotopic (exact) mass is 165 g/mol. The van der Waals surface area contributed by atoms with Crippen LogP contribution in [0.1, 0.15) is 24.6 Å². The van der Waals surface area contributed by atoms with Gasteiger partial charge in [-0.05, 0) is 24.1 Å². The summed E-state index contributed by atoms with van der Waals surface area (Å²) in [6, 6.07) is 3.96. The number of nitrogens with zero attached hydrogens (tertiary/aromatic N) is 1. The first-order valence-corrected chi connectivity index (χ1v) is 4.24. The Kier molecular flexibility index (Phi) is 3.17. The summed E-state index contributed by atoms with van der Waals surface area (Å²) in [5, 5.41) is 1.68. The van der Waals surface area contributed by atoms with Gasteiger partial charge in [-0.25, -0.2) is 0 Å². The summed E-state index contributed by atoms with van der Waals surface area (Å²) in [5.74, 6) is 0. The van der Waals surface area contributed by atoms with Crippen molar-refractivity contribution in [2.24, 2.45) is 0 Å². The predicted octanol–water partition coefficient (Wildman–Crippen LogP) is 2.38. The third kappa shape index (κ3) is 2.39. The van der Waals surface area contributed by atoms with E-state index in [9.17, 15) is 0 Å². The molecular formula is C9H11NS. The molecular weight excluding hydrogens is 154 g/mol. The standard InChI is InChI=1S/C9H11NS/c1-2-3-9-6-8(7-11)4-5-10-9/h4-7H,2-3H2,1H3. The van der Waals surface area contributed by atoms with Crippen LogP contribution in [-0.2, 0) is 6.42 Å². The molecule has 1 nitrogen and oxygen atoms in total. The Balaban J connectivity index is 2.82. The molecule has 0 amide bonds. The van der Waals surface area contributed by atoms with Crippen LogP contribution in [0, 0.1) is 0 Å². The summed E-state index contributed by atoms with van der Waals surface area (Å²) in [6.07, 6.45) is 3.98. The predicted molar refractivity (Wildman–Crippen MR) is 51.0 cm³/mol. The molecule has 0 fully saturated rings. The van der Waals surface area contributed by atoms with Gasteiger partial charge in [-0.1, -0.05) is 25.6 Å². The maximum Gasteiger partial charge on any atom is 0.0409 e. The maximum absolute atomic E-state index is 4.81. The molecule has 0 atom stereocenters. The van der Waals surface area contributed by atoms with Gasteiger partial charge in [0.05, 0.1) is 0 Å². The van der Waals surface area contributed by atoms with Crippen molar-refractivity contribution in [3.05, 3.63) is 29.6 Å². The van der Waals surface area contributed by atoms with E-state index in [0.29, 0.717) is 0 Å². The average Bonchev–Trinajstić information content (AvgIpc) is 2.06. The molecule has 0 unspecified atom stereocenters. The first-order valence-electron chi connectivity index (χ1n) is 3.77. The second-order valence-electron chi connectivity index (χ2n) is 2.45. The van der Waals surface area contributed by atoms with Gasteiger partial charge < -0.3 is 0 Å². The van der Waals surface area contributed by atoms with Crippen molar-refractivity contribution in [3.63, 3.8) is 0 Å². The molecule has 1 aromatic rings. The molecule has 0 aliphatic rings. The summed E-state index contributed by atoms with van der Waals surface area (Å²) < 4.78 is 0. The highest BCUT2D eigenvalue weighted by Gasteiger charge is 1.92. The minimum atomic E-state index is 1.04. The fraction of sp³-hybridized carbons (Fsp3) is 0.333. The molecule has 0 N–H and O–H groups in total. The van der Waals surface area contributed by atoms with Crippen molar-refractivity contribution in [1.82, 2.24) is 4.98 Å². The Morgan fingerprint density at radius 3 is 3.09 bits per heavy atom. The van der Waals surface area contributed by atoms with E-state index in [1.54, 1.807) is 5.37 Å². The second kappa shape index (κ2) is 4.19. The number of hydrogen-bond acceptors (Lipinski definition) is 2. The van der Waals surface area contributed by atoms with E-state index in [4.69, 9.17) is 12.2 Å². The van der Waals surface area contributed by atoms with Gasteiger partial charge in [-0.15, -0.1) is 0 Å². The zero-order valence-corrected chi connectivity index (χ0v) is 7.40. The summed E-state index contributed by atoms with van der Waals surface area (Å²) in [7, 11) is 0. The van der Waals surface area contributed by atoms with Gasteiger partial charge in [0.2, 0.25) is 0 Å². The SMILES string of the molecule is CCCc1cc(C=S)ccn1. The van der Waals surface area contributed by atoms with Crippen LogP contribution in [0.4, 0.5) is 0 Å². The number of aryl methyl sites for hydroxylation is 1. The van der Waals surface area contributed by atoms with Gasteiger partial charge in [-0.3, -0.25) is 4.98 Å². The van der Waals surface area contributed by atoms with Crippen LogP contribution in [0.15, 0.2) is 18.3 Å². The van der Waals surface area contributed by atoms with Crippen LogP contribution in [-0.4, -0.2) is 10.4 Å². The normalized spacial score (nSPS) is 9.55. The van der Waals surface area contributed by atoms with Crippen molar-refractivity contribution in [3.8, 4) is 0 Å². The lowest BCUT2D eigenvalue weighted by Gasteiger charge is -1.97. The van der Waals surface area contributed by atoms with Gasteiger partial charge in [0.25, 0.3) is 0 Å². The van der Waals surface area contributed by atoms with Gasteiger partial charge in [0.15, 0.2) is 0 Å². The molecule has 0 aliphatic heterocycles. The van der Waals surface area contributed by atoms with Crippen LogP contribution in [0.3, 0.4) is 0 Å². The molecule has 0 bridgehead atoms. The number of aromatic nitrogens is 1. The lowest BCUT2D eigenvalue weighted by atomic mass is 10.2. The van der Waals surface area contributed by atoms with E-state index in [1.807, 2.05) is 18.3 Å². The Hall–Kier alpha value is -0.760. The van der Waals surface area contributed by atoms with Crippen molar-refractivity contribution in [1.29, 1.82) is 0 Å². The quantitative estimate of drug-likeness (QED) is 0.638. The van der Waals surface area contributed by atoms with Gasteiger partial charge >= 0.3 is 0 Å². The minimum Gasteiger partial charge on any atom is -0.261 e. The van der Waals surface area contributed by atoms with E-state index >= 15 is 0 Å². The smallest absolute Gasteiger partial charge is 0.0409 e. The van der Waals surface area contributed by atoms with Crippen molar-refractivity contribution in [2.45, 2.75) is 19.8 Å². The summed E-state index contributed by atoms with van der Waals surface area (Å²) in [6.45, 7) is 2.14. The van der Waals surface area contributed by atoms with E-state index in [0.717, 1.165) is 24.1 Å². The van der Waals surface area contributed by atoms with E-state index in [2.05, 4.69) is 11.9 Å². The Labute approximate surface area is 72.5 Å². The lowest BCUT2D eigenvalue weighted by molar-refractivity contribution is 0.882. The van der Waals surface area contributed by atoms with Crippen LogP contribution in [0.25, 0.3) is 0 Å². The molecule has 1 rings (SSSR count). The maximum atomic E-state index is 4.81. The molecule has 0 aliphatic carbocycles. The highest BCUT2D eigenvalue weighted by molar-refractivity contribution is 7.79. The lowest BCUT2D eigenvalue weighted by Crippen LogP contribution is -1.89. The van der Waals surface area contributed by atoms with Crippen molar-refractivity contribution >= 4 is 17.6 Å². The van der Waals surface area contributed by atoms with Crippen molar-refractivity contribution < 1.29 is 0 Å². The zero-order valence-electron chi connectivity index (χ0n) is 6.58. The fourth-order valence-electron chi connectivity index (χ4n) is 0.963. The van der Waals surface area contributed by atoms with Crippen LogP contribution in [0.2, 0.25) is 0 Å². The minimum absolute atomic E-state index is 1.04. The summed E-state index contributed by atoms with van der Waals surface area (Å²) in [4.78, 5) is 4.21. The van der Waals surface area contributed by atoms with Crippen molar-refractivity contribution in [2.75, 3.05) is 0 Å². The van der Waals surface area contributed by atoms with Crippen LogP contribution in [0.5, 0.6) is 0 Å². The van der Waals surface area contributed by atoms with Gasteiger partial charge in [-0.2, -0.15) is 0 Å². The number of pyridine rings is 1. The molecule has 1 heterocycles. The third-order valence-corrected chi connectivity index (χ3v) is 1.76. The molecule has 0 saturated heterocycles. The highest BCUT2D eigenvalue weighted by atomic mass is 32.1. The summed E-state index contributed by atoms with van der Waals surface area (Å²) in [5.41, 5.74) is 2.21. The topological polar surface area (TPSA) is 12.9 Å². The molecule has 0 saturated carbocycles. The number of rotatable bonds is 3. The number of thiocarbonyl (C=S) groups is 1. The van der Waals surface area contributed by atoms with E-state index in [1.165, 1.54) is 0 Å². The molecule has 0 aromatic carbocycles. The molecule has 0 radical (unpaired) electrons. The summed E-state index contributed by atoms with van der Waals surface area (Å²) >= 11 is 4.81. The fourth-order valence-corrected chi connectivity index (χ4v) is 1.11. The Bertz CT molecular complexity index is 245. The first-order chi connectivity index (χ1) is 5.36. The second-order valence-corrected chi connectivity index (χ2v) is 2.68. The van der Waals surface area contributed by atoms with Gasteiger partial charge in [0.1, 0.15) is 0 Å². The zero-order chi connectivity index (χ0) is 8.10. The largest absolute Gasteiger partial charge is 0.261 e.